The van der Waals surface area contributed by atoms with Crippen molar-refractivity contribution in [3.8, 4) is 17.0 Å². The summed E-state index contributed by atoms with van der Waals surface area (Å²) in [6.07, 6.45) is 1.10. The molecule has 0 bridgehead atoms. The summed E-state index contributed by atoms with van der Waals surface area (Å²) >= 11 is 1.31. The lowest BCUT2D eigenvalue weighted by Gasteiger charge is -2.08. The fraction of sp³-hybridized carbons (Fsp3) is 0.0833. The molecule has 168 valence electrons. The topological polar surface area (TPSA) is 97.4 Å². The molecule has 0 unspecified atom stereocenters. The van der Waals surface area contributed by atoms with Crippen molar-refractivity contribution in [3.63, 3.8) is 0 Å². The van der Waals surface area contributed by atoms with Crippen LogP contribution in [0, 0.1) is 0 Å². The van der Waals surface area contributed by atoms with Crippen LogP contribution >= 0.6 is 11.3 Å². The van der Waals surface area contributed by atoms with E-state index in [0.717, 1.165) is 17.4 Å². The fourth-order valence-electron chi connectivity index (χ4n) is 3.02. The number of ether oxygens (including phenoxy) is 1. The van der Waals surface area contributed by atoms with Crippen molar-refractivity contribution in [2.45, 2.75) is 6.61 Å². The second kappa shape index (κ2) is 9.85. The molecule has 0 aliphatic rings. The van der Waals surface area contributed by atoms with E-state index >= 15 is 0 Å². The highest BCUT2D eigenvalue weighted by Gasteiger charge is 2.11. The standard InChI is InChI=1S/C24H21N3O4S2/c1-33(29,30)27-20-12-10-18(11-13-20)22-16-32-24(25-22)26-23(28)19-8-5-9-21(14-19)31-15-17-6-3-2-4-7-17/h2-14,16,27H,15H2,1H3,(H,25,26,28). The molecular weight excluding hydrogens is 458 g/mol. The van der Waals surface area contributed by atoms with E-state index in [1.165, 1.54) is 11.3 Å². The second-order valence-corrected chi connectivity index (χ2v) is 9.85. The van der Waals surface area contributed by atoms with Crippen LogP contribution in [0.25, 0.3) is 11.3 Å². The normalized spacial score (nSPS) is 11.1. The van der Waals surface area contributed by atoms with Gasteiger partial charge in [0.25, 0.3) is 5.91 Å². The summed E-state index contributed by atoms with van der Waals surface area (Å²) in [7, 11) is -3.33. The van der Waals surface area contributed by atoms with Gasteiger partial charge in [0.05, 0.1) is 11.9 Å². The minimum absolute atomic E-state index is 0.284. The zero-order valence-electron chi connectivity index (χ0n) is 17.7. The van der Waals surface area contributed by atoms with Crippen LogP contribution in [0.3, 0.4) is 0 Å². The van der Waals surface area contributed by atoms with E-state index in [-0.39, 0.29) is 5.91 Å². The summed E-state index contributed by atoms with van der Waals surface area (Å²) in [6.45, 7) is 0.417. The fourth-order valence-corrected chi connectivity index (χ4v) is 4.30. The van der Waals surface area contributed by atoms with E-state index in [2.05, 4.69) is 15.0 Å². The minimum atomic E-state index is -3.33. The number of benzene rings is 3. The zero-order valence-corrected chi connectivity index (χ0v) is 19.3. The van der Waals surface area contributed by atoms with E-state index < -0.39 is 10.0 Å². The SMILES string of the molecule is CS(=O)(=O)Nc1ccc(-c2csc(NC(=O)c3cccc(OCc4ccccc4)c3)n2)cc1. The predicted molar refractivity (Wildman–Crippen MR) is 131 cm³/mol. The van der Waals surface area contributed by atoms with Gasteiger partial charge in [0, 0.05) is 22.2 Å². The Morgan fingerprint density at radius 3 is 2.48 bits per heavy atom. The highest BCUT2D eigenvalue weighted by molar-refractivity contribution is 7.92. The maximum Gasteiger partial charge on any atom is 0.257 e. The molecule has 0 atom stereocenters. The Balaban J connectivity index is 1.39. The second-order valence-electron chi connectivity index (χ2n) is 7.25. The molecule has 7 nitrogen and oxygen atoms in total. The smallest absolute Gasteiger partial charge is 0.257 e. The average molecular weight is 480 g/mol. The van der Waals surface area contributed by atoms with Crippen molar-refractivity contribution in [2.24, 2.45) is 0 Å². The molecule has 9 heteroatoms. The van der Waals surface area contributed by atoms with Gasteiger partial charge < -0.3 is 4.74 Å². The van der Waals surface area contributed by atoms with Gasteiger partial charge in [-0.25, -0.2) is 13.4 Å². The molecule has 2 N–H and O–H groups in total. The third kappa shape index (κ3) is 6.41. The molecule has 1 amide bonds. The number of nitrogens with zero attached hydrogens (tertiary/aromatic N) is 1. The van der Waals surface area contributed by atoms with Gasteiger partial charge in [-0.1, -0.05) is 48.5 Å². The Morgan fingerprint density at radius 1 is 1.00 bits per heavy atom. The Hall–Kier alpha value is -3.69. The maximum absolute atomic E-state index is 12.7. The van der Waals surface area contributed by atoms with E-state index in [1.807, 2.05) is 41.8 Å². The van der Waals surface area contributed by atoms with Crippen LogP contribution in [0.4, 0.5) is 10.8 Å². The molecule has 33 heavy (non-hydrogen) atoms. The van der Waals surface area contributed by atoms with Crippen molar-refractivity contribution in [3.05, 3.63) is 95.4 Å². The molecule has 4 aromatic rings. The van der Waals surface area contributed by atoms with Crippen molar-refractivity contribution in [1.29, 1.82) is 0 Å². The molecule has 0 spiro atoms. The molecule has 0 fully saturated rings. The Morgan fingerprint density at radius 2 is 1.76 bits per heavy atom. The maximum atomic E-state index is 12.7. The molecular formula is C24H21N3O4S2. The van der Waals surface area contributed by atoms with Crippen molar-refractivity contribution >= 4 is 38.1 Å². The van der Waals surface area contributed by atoms with Crippen LogP contribution in [0.2, 0.25) is 0 Å². The van der Waals surface area contributed by atoms with Gasteiger partial charge in [-0.2, -0.15) is 0 Å². The third-order valence-electron chi connectivity index (χ3n) is 4.55. The van der Waals surface area contributed by atoms with Gasteiger partial charge >= 0.3 is 0 Å². The Labute approximate surface area is 196 Å². The van der Waals surface area contributed by atoms with E-state index in [0.29, 0.717) is 34.4 Å². The molecule has 1 aromatic heterocycles. The molecule has 3 aromatic carbocycles. The number of carbonyl (C=O) groups excluding carboxylic acids is 1. The lowest BCUT2D eigenvalue weighted by molar-refractivity contribution is 0.102. The first kappa shape index (κ1) is 22.5. The molecule has 0 aliphatic heterocycles. The lowest BCUT2D eigenvalue weighted by Crippen LogP contribution is -2.11. The van der Waals surface area contributed by atoms with Gasteiger partial charge in [0.15, 0.2) is 5.13 Å². The quantitative estimate of drug-likeness (QED) is 0.370. The summed E-state index contributed by atoms with van der Waals surface area (Å²) < 4.78 is 30.9. The Kier molecular flexibility index (Phi) is 6.71. The number of rotatable bonds is 8. The zero-order chi connectivity index (χ0) is 23.3. The van der Waals surface area contributed by atoms with Gasteiger partial charge in [0.2, 0.25) is 10.0 Å². The number of hydrogen-bond donors (Lipinski definition) is 2. The predicted octanol–water partition coefficient (Wildman–Crippen LogP) is 5.01. The van der Waals surface area contributed by atoms with E-state index in [9.17, 15) is 13.2 Å². The summed E-state index contributed by atoms with van der Waals surface area (Å²) in [5, 5.41) is 5.10. The summed E-state index contributed by atoms with van der Waals surface area (Å²) in [5.41, 5.74) is 3.47. The van der Waals surface area contributed by atoms with Crippen molar-refractivity contribution in [2.75, 3.05) is 16.3 Å². The van der Waals surface area contributed by atoms with Gasteiger partial charge in [-0.15, -0.1) is 11.3 Å². The summed E-state index contributed by atoms with van der Waals surface area (Å²) in [4.78, 5) is 17.2. The molecule has 0 radical (unpaired) electrons. The van der Waals surface area contributed by atoms with Gasteiger partial charge in [0.1, 0.15) is 12.4 Å². The van der Waals surface area contributed by atoms with Crippen LogP contribution < -0.4 is 14.8 Å². The number of aromatic nitrogens is 1. The highest BCUT2D eigenvalue weighted by atomic mass is 32.2. The number of nitrogens with one attached hydrogen (secondary N) is 2. The summed E-state index contributed by atoms with van der Waals surface area (Å²) in [6, 6.07) is 23.7. The summed E-state index contributed by atoms with van der Waals surface area (Å²) in [5.74, 6) is 0.322. The van der Waals surface area contributed by atoms with Crippen LogP contribution in [0.1, 0.15) is 15.9 Å². The number of anilines is 2. The molecule has 1 heterocycles. The molecule has 0 saturated heterocycles. The number of amides is 1. The van der Waals surface area contributed by atoms with Crippen LogP contribution in [0.5, 0.6) is 5.75 Å². The monoisotopic (exact) mass is 479 g/mol. The van der Waals surface area contributed by atoms with Crippen LogP contribution in [-0.2, 0) is 16.6 Å². The highest BCUT2D eigenvalue weighted by Crippen LogP contribution is 2.27. The van der Waals surface area contributed by atoms with Crippen molar-refractivity contribution < 1.29 is 17.9 Å². The molecule has 4 rings (SSSR count). The largest absolute Gasteiger partial charge is 0.489 e. The Bertz CT molecular complexity index is 1350. The number of sulfonamides is 1. The van der Waals surface area contributed by atoms with Gasteiger partial charge in [-0.05, 0) is 35.9 Å². The number of carbonyl (C=O) groups is 1. The number of thiazole rings is 1. The van der Waals surface area contributed by atoms with Crippen LogP contribution in [0.15, 0.2) is 84.2 Å². The first-order valence-corrected chi connectivity index (χ1v) is 12.7. The van der Waals surface area contributed by atoms with Crippen LogP contribution in [-0.4, -0.2) is 25.6 Å². The average Bonchev–Trinajstić information content (AvgIpc) is 3.26. The van der Waals surface area contributed by atoms with E-state index in [4.69, 9.17) is 4.74 Å². The van der Waals surface area contributed by atoms with Crippen molar-refractivity contribution in [1.82, 2.24) is 4.98 Å². The minimum Gasteiger partial charge on any atom is -0.489 e. The third-order valence-corrected chi connectivity index (χ3v) is 5.92. The van der Waals surface area contributed by atoms with Gasteiger partial charge in [-0.3, -0.25) is 14.8 Å². The molecule has 0 aliphatic carbocycles. The first-order chi connectivity index (χ1) is 15.9. The molecule has 0 saturated carbocycles. The number of hydrogen-bond acceptors (Lipinski definition) is 6. The van der Waals surface area contributed by atoms with E-state index in [1.54, 1.807) is 42.5 Å². The first-order valence-electron chi connectivity index (χ1n) is 9.98. The lowest BCUT2D eigenvalue weighted by atomic mass is 10.1.